The number of rotatable bonds is 5. The molecule has 2 rings (SSSR count). The fraction of sp³-hybridized carbons (Fsp3) is 0.235. The average molecular weight is 352 g/mol. The Morgan fingerprint density at radius 1 is 1.17 bits per heavy atom. The van der Waals surface area contributed by atoms with Crippen LogP contribution in [-0.2, 0) is 9.84 Å². The number of carbonyl (C=O) groups is 1. The van der Waals surface area contributed by atoms with E-state index in [1.165, 1.54) is 24.3 Å². The summed E-state index contributed by atoms with van der Waals surface area (Å²) in [5, 5.41) is 3.56. The van der Waals surface area contributed by atoms with Crippen LogP contribution >= 0.6 is 11.6 Å². The van der Waals surface area contributed by atoms with Gasteiger partial charge in [0.05, 0.1) is 10.9 Å². The Morgan fingerprint density at radius 2 is 1.83 bits per heavy atom. The largest absolute Gasteiger partial charge is 0.345 e. The SMILES string of the molecule is CCC(NC(=O)c1ccc(S(C)(=O)=O)cc1)c1cccc(Cl)c1. The summed E-state index contributed by atoms with van der Waals surface area (Å²) >= 11 is 5.99. The number of nitrogens with one attached hydrogen (secondary N) is 1. The highest BCUT2D eigenvalue weighted by atomic mass is 35.5. The number of hydrogen-bond acceptors (Lipinski definition) is 3. The Balaban J connectivity index is 2.17. The minimum Gasteiger partial charge on any atom is -0.345 e. The number of amides is 1. The van der Waals surface area contributed by atoms with Crippen molar-refractivity contribution in [3.63, 3.8) is 0 Å². The molecular weight excluding hydrogens is 334 g/mol. The molecular formula is C17H18ClNO3S. The highest BCUT2D eigenvalue weighted by Crippen LogP contribution is 2.21. The molecule has 2 aromatic carbocycles. The van der Waals surface area contributed by atoms with Crippen LogP contribution in [0, 0.1) is 0 Å². The van der Waals surface area contributed by atoms with Crippen molar-refractivity contribution in [1.29, 1.82) is 0 Å². The molecule has 0 spiro atoms. The van der Waals surface area contributed by atoms with Crippen molar-refractivity contribution in [2.45, 2.75) is 24.3 Å². The number of halogens is 1. The first-order chi connectivity index (χ1) is 10.8. The predicted molar refractivity (Wildman–Crippen MR) is 91.5 cm³/mol. The molecule has 0 heterocycles. The van der Waals surface area contributed by atoms with E-state index in [9.17, 15) is 13.2 Å². The molecule has 0 aliphatic heterocycles. The Labute approximate surface area is 141 Å². The Bertz CT molecular complexity index is 801. The predicted octanol–water partition coefficient (Wildman–Crippen LogP) is 3.62. The zero-order valence-electron chi connectivity index (χ0n) is 12.9. The Morgan fingerprint density at radius 3 is 2.35 bits per heavy atom. The lowest BCUT2D eigenvalue weighted by atomic mass is 10.0. The summed E-state index contributed by atoms with van der Waals surface area (Å²) < 4.78 is 22.9. The van der Waals surface area contributed by atoms with E-state index in [1.807, 2.05) is 25.1 Å². The van der Waals surface area contributed by atoms with Crippen LogP contribution in [-0.4, -0.2) is 20.6 Å². The van der Waals surface area contributed by atoms with Gasteiger partial charge in [0.25, 0.3) is 5.91 Å². The van der Waals surface area contributed by atoms with E-state index in [2.05, 4.69) is 5.32 Å². The maximum Gasteiger partial charge on any atom is 0.251 e. The number of hydrogen-bond donors (Lipinski definition) is 1. The van der Waals surface area contributed by atoms with E-state index >= 15 is 0 Å². The monoisotopic (exact) mass is 351 g/mol. The van der Waals surface area contributed by atoms with Crippen molar-refractivity contribution in [3.8, 4) is 0 Å². The molecule has 0 aliphatic rings. The van der Waals surface area contributed by atoms with Crippen LogP contribution in [0.3, 0.4) is 0 Å². The molecule has 0 aromatic heterocycles. The summed E-state index contributed by atoms with van der Waals surface area (Å²) in [6, 6.07) is 13.1. The van der Waals surface area contributed by atoms with Gasteiger partial charge in [0.15, 0.2) is 9.84 Å². The summed E-state index contributed by atoms with van der Waals surface area (Å²) in [5.41, 5.74) is 1.35. The lowest BCUT2D eigenvalue weighted by Crippen LogP contribution is -2.28. The fourth-order valence-electron chi connectivity index (χ4n) is 2.24. The van der Waals surface area contributed by atoms with Crippen molar-refractivity contribution >= 4 is 27.3 Å². The smallest absolute Gasteiger partial charge is 0.251 e. The second kappa shape index (κ2) is 7.15. The van der Waals surface area contributed by atoms with Gasteiger partial charge in [-0.2, -0.15) is 0 Å². The van der Waals surface area contributed by atoms with Gasteiger partial charge >= 0.3 is 0 Å². The quantitative estimate of drug-likeness (QED) is 0.894. The standard InChI is InChI=1S/C17H18ClNO3S/c1-3-16(13-5-4-6-14(18)11-13)19-17(20)12-7-9-15(10-8-12)23(2,21)22/h4-11,16H,3H2,1-2H3,(H,19,20). The lowest BCUT2D eigenvalue weighted by molar-refractivity contribution is 0.0935. The molecule has 122 valence electrons. The van der Waals surface area contributed by atoms with Gasteiger partial charge in [-0.3, -0.25) is 4.79 Å². The Kier molecular flexibility index (Phi) is 5.44. The van der Waals surface area contributed by atoms with Crippen molar-refractivity contribution in [2.75, 3.05) is 6.26 Å². The third-order valence-electron chi connectivity index (χ3n) is 3.51. The van der Waals surface area contributed by atoms with Crippen LogP contribution in [0.2, 0.25) is 5.02 Å². The van der Waals surface area contributed by atoms with E-state index in [-0.39, 0.29) is 16.8 Å². The van der Waals surface area contributed by atoms with Gasteiger partial charge in [-0.15, -0.1) is 0 Å². The third-order valence-corrected chi connectivity index (χ3v) is 4.87. The molecule has 1 N–H and O–H groups in total. The molecule has 1 atom stereocenters. The molecule has 1 unspecified atom stereocenters. The molecule has 2 aromatic rings. The molecule has 0 saturated heterocycles. The first-order valence-corrected chi connectivity index (χ1v) is 9.44. The summed E-state index contributed by atoms with van der Waals surface area (Å²) in [4.78, 5) is 12.5. The van der Waals surface area contributed by atoms with E-state index < -0.39 is 9.84 Å². The molecule has 4 nitrogen and oxygen atoms in total. The maximum absolute atomic E-state index is 12.3. The topological polar surface area (TPSA) is 63.2 Å². The van der Waals surface area contributed by atoms with Crippen molar-refractivity contribution in [3.05, 3.63) is 64.7 Å². The third kappa shape index (κ3) is 4.56. The van der Waals surface area contributed by atoms with Crippen LogP contribution in [0.5, 0.6) is 0 Å². The fourth-order valence-corrected chi connectivity index (χ4v) is 3.07. The summed E-state index contributed by atoms with van der Waals surface area (Å²) in [6.45, 7) is 1.97. The molecule has 0 saturated carbocycles. The van der Waals surface area contributed by atoms with Gasteiger partial charge in [0.1, 0.15) is 0 Å². The van der Waals surface area contributed by atoms with Gasteiger partial charge in [0, 0.05) is 16.8 Å². The minimum absolute atomic E-state index is 0.157. The van der Waals surface area contributed by atoms with E-state index in [0.717, 1.165) is 11.8 Å². The van der Waals surface area contributed by atoms with Gasteiger partial charge in [-0.25, -0.2) is 8.42 Å². The van der Waals surface area contributed by atoms with Crippen LogP contribution in [0.1, 0.15) is 35.3 Å². The van der Waals surface area contributed by atoms with Gasteiger partial charge < -0.3 is 5.32 Å². The summed E-state index contributed by atoms with van der Waals surface area (Å²) in [7, 11) is -3.27. The molecule has 23 heavy (non-hydrogen) atoms. The summed E-state index contributed by atoms with van der Waals surface area (Å²) in [5.74, 6) is -0.253. The van der Waals surface area contributed by atoms with Gasteiger partial charge in [-0.1, -0.05) is 30.7 Å². The van der Waals surface area contributed by atoms with Crippen molar-refractivity contribution in [1.82, 2.24) is 5.32 Å². The van der Waals surface area contributed by atoms with E-state index in [4.69, 9.17) is 11.6 Å². The molecule has 0 aliphatic carbocycles. The van der Waals surface area contributed by atoms with Gasteiger partial charge in [-0.05, 0) is 48.4 Å². The normalized spacial score (nSPS) is 12.7. The van der Waals surface area contributed by atoms with Gasteiger partial charge in [0.2, 0.25) is 0 Å². The average Bonchev–Trinajstić information content (AvgIpc) is 2.51. The first kappa shape index (κ1) is 17.5. The summed E-state index contributed by atoms with van der Waals surface area (Å²) in [6.07, 6.45) is 1.85. The highest BCUT2D eigenvalue weighted by molar-refractivity contribution is 7.90. The first-order valence-electron chi connectivity index (χ1n) is 7.17. The second-order valence-corrected chi connectivity index (χ2v) is 7.74. The molecule has 0 fully saturated rings. The second-order valence-electron chi connectivity index (χ2n) is 5.29. The molecule has 0 radical (unpaired) electrons. The van der Waals surface area contributed by atoms with E-state index in [0.29, 0.717) is 17.0 Å². The Hall–Kier alpha value is -1.85. The number of sulfone groups is 1. The van der Waals surface area contributed by atoms with Crippen LogP contribution in [0.15, 0.2) is 53.4 Å². The molecule has 1 amide bonds. The van der Waals surface area contributed by atoms with Crippen molar-refractivity contribution < 1.29 is 13.2 Å². The zero-order valence-corrected chi connectivity index (χ0v) is 14.5. The molecule has 6 heteroatoms. The lowest BCUT2D eigenvalue weighted by Gasteiger charge is -2.18. The van der Waals surface area contributed by atoms with E-state index in [1.54, 1.807) is 6.07 Å². The highest BCUT2D eigenvalue weighted by Gasteiger charge is 2.15. The van der Waals surface area contributed by atoms with Crippen molar-refractivity contribution in [2.24, 2.45) is 0 Å². The van der Waals surface area contributed by atoms with Crippen LogP contribution in [0.4, 0.5) is 0 Å². The van der Waals surface area contributed by atoms with Crippen LogP contribution in [0.25, 0.3) is 0 Å². The zero-order chi connectivity index (χ0) is 17.0. The number of benzene rings is 2. The maximum atomic E-state index is 12.3. The minimum atomic E-state index is -3.27. The molecule has 0 bridgehead atoms. The van der Waals surface area contributed by atoms with Crippen LogP contribution < -0.4 is 5.32 Å². The number of carbonyl (C=O) groups excluding carboxylic acids is 1.